The van der Waals surface area contributed by atoms with Crippen LogP contribution in [-0.2, 0) is 4.79 Å². The lowest BCUT2D eigenvalue weighted by Gasteiger charge is -2.25. The molecule has 1 heterocycles. The smallest absolute Gasteiger partial charge is 0.266 e. The Morgan fingerprint density at radius 3 is 3.00 bits per heavy atom. The zero-order chi connectivity index (χ0) is 11.0. The van der Waals surface area contributed by atoms with Crippen LogP contribution in [0.1, 0.15) is 0 Å². The van der Waals surface area contributed by atoms with Crippen LogP contribution in [0.25, 0.3) is 0 Å². The molecule has 0 aliphatic carbocycles. The Bertz CT molecular complexity index is 425. The van der Waals surface area contributed by atoms with Gasteiger partial charge in [-0.05, 0) is 12.1 Å². The molecule has 1 aromatic rings. The van der Waals surface area contributed by atoms with E-state index in [1.54, 1.807) is 12.1 Å². The Morgan fingerprint density at radius 2 is 2.33 bits per heavy atom. The van der Waals surface area contributed by atoms with Crippen molar-refractivity contribution >= 4 is 39.1 Å². The molecule has 6 heteroatoms. The third-order valence-corrected chi connectivity index (χ3v) is 2.77. The summed E-state index contributed by atoms with van der Waals surface area (Å²) in [6.07, 6.45) is -0.670. The summed E-state index contributed by atoms with van der Waals surface area (Å²) in [5.74, 6) is 0.217. The largest absolute Gasteiger partial charge is 0.475 e. The van der Waals surface area contributed by atoms with Crippen LogP contribution in [0.4, 0.5) is 5.69 Å². The highest BCUT2D eigenvalue weighted by Crippen LogP contribution is 2.39. The molecule has 0 spiro atoms. The monoisotopic (exact) mass is 290 g/mol. The molecule has 80 valence electrons. The Labute approximate surface area is 99.9 Å². The van der Waals surface area contributed by atoms with Gasteiger partial charge in [-0.25, -0.2) is 0 Å². The van der Waals surface area contributed by atoms with Crippen LogP contribution in [0.3, 0.4) is 0 Å². The summed E-state index contributed by atoms with van der Waals surface area (Å²) in [6.45, 7) is 0.123. The van der Waals surface area contributed by atoms with E-state index >= 15 is 0 Å². The first-order valence-electron chi connectivity index (χ1n) is 4.28. The minimum absolute atomic E-state index is 0.123. The number of carbonyl (C=O) groups is 1. The SMILES string of the molecule is NCC1Oc2c(Cl)cc(Br)cc2NC1=O. The van der Waals surface area contributed by atoms with Crippen molar-refractivity contribution < 1.29 is 9.53 Å². The Kier molecular flexibility index (Phi) is 2.86. The standard InChI is InChI=1S/C9H8BrClN2O2/c10-4-1-5(11)8-6(2-4)13-9(14)7(3-12)15-8/h1-2,7H,3,12H2,(H,13,14). The molecule has 1 amide bonds. The van der Waals surface area contributed by atoms with Gasteiger partial charge in [0.15, 0.2) is 11.9 Å². The quantitative estimate of drug-likeness (QED) is 0.829. The van der Waals surface area contributed by atoms with Crippen molar-refractivity contribution in [3.8, 4) is 5.75 Å². The Balaban J connectivity index is 2.45. The number of fused-ring (bicyclic) bond motifs is 1. The molecular formula is C9H8BrClN2O2. The molecule has 0 fully saturated rings. The second-order valence-electron chi connectivity index (χ2n) is 3.10. The fourth-order valence-corrected chi connectivity index (χ4v) is 2.19. The number of rotatable bonds is 1. The van der Waals surface area contributed by atoms with Gasteiger partial charge in [-0.1, -0.05) is 27.5 Å². The average Bonchev–Trinajstić information content (AvgIpc) is 2.16. The van der Waals surface area contributed by atoms with Crippen molar-refractivity contribution in [2.45, 2.75) is 6.10 Å². The van der Waals surface area contributed by atoms with Crippen molar-refractivity contribution in [3.05, 3.63) is 21.6 Å². The van der Waals surface area contributed by atoms with Crippen LogP contribution < -0.4 is 15.8 Å². The first-order chi connectivity index (χ1) is 7.11. The summed E-state index contributed by atoms with van der Waals surface area (Å²) in [5.41, 5.74) is 5.95. The van der Waals surface area contributed by atoms with E-state index in [0.717, 1.165) is 4.47 Å². The van der Waals surface area contributed by atoms with E-state index in [-0.39, 0.29) is 12.5 Å². The van der Waals surface area contributed by atoms with E-state index in [9.17, 15) is 4.79 Å². The van der Waals surface area contributed by atoms with Gasteiger partial charge >= 0.3 is 0 Å². The lowest BCUT2D eigenvalue weighted by Crippen LogP contribution is -2.42. The predicted octanol–water partition coefficient (Wildman–Crippen LogP) is 1.76. The number of hydrogen-bond donors (Lipinski definition) is 2. The summed E-state index contributed by atoms with van der Waals surface area (Å²) < 4.78 is 6.17. The number of halogens is 2. The van der Waals surface area contributed by atoms with Gasteiger partial charge in [-0.15, -0.1) is 0 Å². The molecule has 1 atom stereocenters. The van der Waals surface area contributed by atoms with Crippen LogP contribution in [0.15, 0.2) is 16.6 Å². The topological polar surface area (TPSA) is 64.3 Å². The van der Waals surface area contributed by atoms with Crippen LogP contribution in [0.5, 0.6) is 5.75 Å². The number of benzene rings is 1. The van der Waals surface area contributed by atoms with Crippen molar-refractivity contribution in [2.24, 2.45) is 5.73 Å². The molecule has 1 unspecified atom stereocenters. The lowest BCUT2D eigenvalue weighted by atomic mass is 10.2. The minimum Gasteiger partial charge on any atom is -0.475 e. The van der Waals surface area contributed by atoms with Gasteiger partial charge in [-0.3, -0.25) is 4.79 Å². The molecule has 1 aromatic carbocycles. The molecule has 0 saturated carbocycles. The average molecular weight is 292 g/mol. The molecule has 15 heavy (non-hydrogen) atoms. The number of hydrogen-bond acceptors (Lipinski definition) is 3. The fraction of sp³-hybridized carbons (Fsp3) is 0.222. The van der Waals surface area contributed by atoms with Gasteiger partial charge in [0.2, 0.25) is 0 Å². The molecule has 1 aliphatic rings. The fourth-order valence-electron chi connectivity index (χ4n) is 1.34. The summed E-state index contributed by atoms with van der Waals surface area (Å²) in [5, 5.41) is 3.13. The van der Waals surface area contributed by atoms with Gasteiger partial charge in [0.25, 0.3) is 5.91 Å². The zero-order valence-electron chi connectivity index (χ0n) is 7.59. The molecule has 0 bridgehead atoms. The second-order valence-corrected chi connectivity index (χ2v) is 4.42. The number of nitrogens with one attached hydrogen (secondary N) is 1. The molecule has 4 nitrogen and oxygen atoms in total. The molecule has 1 aliphatic heterocycles. The molecule has 0 aromatic heterocycles. The number of nitrogens with two attached hydrogens (primary N) is 1. The molecular weight excluding hydrogens is 283 g/mol. The first kappa shape index (κ1) is 10.7. The van der Waals surface area contributed by atoms with Crippen molar-refractivity contribution in [1.82, 2.24) is 0 Å². The summed E-state index contributed by atoms with van der Waals surface area (Å²) in [4.78, 5) is 11.4. The Morgan fingerprint density at radius 1 is 1.60 bits per heavy atom. The van der Waals surface area contributed by atoms with E-state index in [4.69, 9.17) is 22.1 Å². The molecule has 2 rings (SSSR count). The summed E-state index contributed by atoms with van der Waals surface area (Å²) in [7, 11) is 0. The maximum absolute atomic E-state index is 11.4. The third kappa shape index (κ3) is 1.95. The van der Waals surface area contributed by atoms with E-state index in [1.807, 2.05) is 0 Å². The highest BCUT2D eigenvalue weighted by atomic mass is 79.9. The number of amides is 1. The lowest BCUT2D eigenvalue weighted by molar-refractivity contribution is -0.123. The van der Waals surface area contributed by atoms with Crippen LogP contribution in [-0.4, -0.2) is 18.6 Å². The van der Waals surface area contributed by atoms with E-state index in [2.05, 4.69) is 21.2 Å². The normalized spacial score (nSPS) is 19.1. The first-order valence-corrected chi connectivity index (χ1v) is 5.45. The van der Waals surface area contributed by atoms with Gasteiger partial charge in [-0.2, -0.15) is 0 Å². The van der Waals surface area contributed by atoms with Gasteiger partial charge in [0, 0.05) is 11.0 Å². The Hall–Kier alpha value is -0.780. The number of carbonyl (C=O) groups excluding carboxylic acids is 1. The highest BCUT2D eigenvalue weighted by Gasteiger charge is 2.28. The highest BCUT2D eigenvalue weighted by molar-refractivity contribution is 9.10. The molecule has 0 saturated heterocycles. The van der Waals surface area contributed by atoms with E-state index in [0.29, 0.717) is 16.5 Å². The third-order valence-electron chi connectivity index (χ3n) is 2.03. The molecule has 0 radical (unpaired) electrons. The zero-order valence-corrected chi connectivity index (χ0v) is 9.93. The number of anilines is 1. The van der Waals surface area contributed by atoms with Gasteiger partial charge in [0.1, 0.15) is 0 Å². The van der Waals surface area contributed by atoms with E-state index in [1.165, 1.54) is 0 Å². The van der Waals surface area contributed by atoms with Gasteiger partial charge < -0.3 is 15.8 Å². The predicted molar refractivity (Wildman–Crippen MR) is 61.3 cm³/mol. The summed E-state index contributed by atoms with van der Waals surface area (Å²) in [6, 6.07) is 3.43. The second kappa shape index (κ2) is 4.00. The van der Waals surface area contributed by atoms with Gasteiger partial charge in [0.05, 0.1) is 10.7 Å². The van der Waals surface area contributed by atoms with Crippen LogP contribution >= 0.6 is 27.5 Å². The van der Waals surface area contributed by atoms with Crippen molar-refractivity contribution in [1.29, 1.82) is 0 Å². The molecule has 3 N–H and O–H groups in total. The minimum atomic E-state index is -0.670. The number of ether oxygens (including phenoxy) is 1. The van der Waals surface area contributed by atoms with E-state index < -0.39 is 6.10 Å². The van der Waals surface area contributed by atoms with Crippen molar-refractivity contribution in [2.75, 3.05) is 11.9 Å². The van der Waals surface area contributed by atoms with Crippen LogP contribution in [0, 0.1) is 0 Å². The maximum atomic E-state index is 11.4. The maximum Gasteiger partial charge on any atom is 0.266 e. The summed E-state index contributed by atoms with van der Waals surface area (Å²) >= 11 is 9.25. The van der Waals surface area contributed by atoms with Crippen molar-refractivity contribution in [3.63, 3.8) is 0 Å². The van der Waals surface area contributed by atoms with Crippen LogP contribution in [0.2, 0.25) is 5.02 Å².